The van der Waals surface area contributed by atoms with Crippen LogP contribution < -0.4 is 4.74 Å². The number of aliphatic imine (C=N–C) groups is 1. The van der Waals surface area contributed by atoms with Crippen molar-refractivity contribution in [1.82, 2.24) is 4.57 Å². The molecule has 2 rings (SSSR count). The van der Waals surface area contributed by atoms with E-state index in [1.807, 2.05) is 24.4 Å². The lowest BCUT2D eigenvalue weighted by atomic mass is 10.2. The van der Waals surface area contributed by atoms with Crippen LogP contribution in [0.4, 0.5) is 5.69 Å². The van der Waals surface area contributed by atoms with Crippen LogP contribution in [-0.2, 0) is 4.79 Å². The lowest BCUT2D eigenvalue weighted by molar-refractivity contribution is 0.415. The van der Waals surface area contributed by atoms with Gasteiger partial charge in [0.2, 0.25) is 6.08 Å². The first-order chi connectivity index (χ1) is 8.17. The highest BCUT2D eigenvalue weighted by Gasteiger charge is 2.10. The highest BCUT2D eigenvalue weighted by molar-refractivity contribution is 5.93. The number of hydrogen-bond acceptors (Lipinski definition) is 3. The first-order valence-corrected chi connectivity index (χ1v) is 5.44. The third-order valence-corrected chi connectivity index (χ3v) is 2.74. The summed E-state index contributed by atoms with van der Waals surface area (Å²) in [5.74, 6) is 0.751. The summed E-state index contributed by atoms with van der Waals surface area (Å²) in [6.07, 6.45) is 3.45. The molecule has 2 aromatic rings. The van der Waals surface area contributed by atoms with Gasteiger partial charge in [0.25, 0.3) is 0 Å². The van der Waals surface area contributed by atoms with Crippen molar-refractivity contribution in [2.75, 3.05) is 7.11 Å². The van der Waals surface area contributed by atoms with Crippen LogP contribution in [-0.4, -0.2) is 17.8 Å². The van der Waals surface area contributed by atoms with E-state index in [2.05, 4.69) is 23.4 Å². The van der Waals surface area contributed by atoms with Crippen molar-refractivity contribution < 1.29 is 9.53 Å². The number of carbonyl (C=O) groups excluding carboxylic acids is 1. The summed E-state index contributed by atoms with van der Waals surface area (Å²) < 4.78 is 7.25. The van der Waals surface area contributed by atoms with Crippen molar-refractivity contribution in [3.8, 4) is 5.75 Å². The molecular weight excluding hydrogens is 216 g/mol. The van der Waals surface area contributed by atoms with Gasteiger partial charge in [0.05, 0.1) is 12.6 Å². The lowest BCUT2D eigenvalue weighted by Gasteiger charge is -2.08. The summed E-state index contributed by atoms with van der Waals surface area (Å²) in [5, 5.41) is 0.904. The molecule has 0 bridgehead atoms. The summed E-state index contributed by atoms with van der Waals surface area (Å²) in [6.45, 7) is 4.16. The van der Waals surface area contributed by atoms with Crippen LogP contribution in [0, 0.1) is 0 Å². The number of aromatic nitrogens is 1. The Labute approximate surface area is 99.5 Å². The zero-order valence-electron chi connectivity index (χ0n) is 10.1. The van der Waals surface area contributed by atoms with E-state index in [1.165, 1.54) is 0 Å². The maximum absolute atomic E-state index is 10.4. The first-order valence-electron chi connectivity index (χ1n) is 5.44. The van der Waals surface area contributed by atoms with E-state index in [0.29, 0.717) is 11.7 Å². The van der Waals surface area contributed by atoms with Crippen LogP contribution in [0.5, 0.6) is 5.75 Å². The molecule has 0 aliphatic carbocycles. The van der Waals surface area contributed by atoms with Gasteiger partial charge in [-0.1, -0.05) is 0 Å². The quantitative estimate of drug-likeness (QED) is 0.600. The fraction of sp³-hybridized carbons (Fsp3) is 0.308. The number of fused-ring (bicyclic) bond motifs is 1. The van der Waals surface area contributed by atoms with Crippen molar-refractivity contribution in [1.29, 1.82) is 0 Å². The largest absolute Gasteiger partial charge is 0.497 e. The Kier molecular flexibility index (Phi) is 2.98. The van der Waals surface area contributed by atoms with Gasteiger partial charge in [-0.2, -0.15) is 4.99 Å². The van der Waals surface area contributed by atoms with Crippen molar-refractivity contribution in [3.63, 3.8) is 0 Å². The summed E-state index contributed by atoms with van der Waals surface area (Å²) >= 11 is 0. The van der Waals surface area contributed by atoms with Gasteiger partial charge in [-0.15, -0.1) is 0 Å². The van der Waals surface area contributed by atoms with Gasteiger partial charge < -0.3 is 9.30 Å². The van der Waals surface area contributed by atoms with E-state index in [1.54, 1.807) is 13.2 Å². The minimum atomic E-state index is 0.307. The van der Waals surface area contributed by atoms with Gasteiger partial charge >= 0.3 is 0 Å². The smallest absolute Gasteiger partial charge is 0.240 e. The molecule has 0 unspecified atom stereocenters. The van der Waals surface area contributed by atoms with Gasteiger partial charge in [0.15, 0.2) is 0 Å². The summed E-state index contributed by atoms with van der Waals surface area (Å²) in [7, 11) is 1.61. The molecule has 0 atom stereocenters. The average molecular weight is 230 g/mol. The van der Waals surface area contributed by atoms with E-state index >= 15 is 0 Å². The second-order valence-corrected chi connectivity index (χ2v) is 4.10. The molecule has 17 heavy (non-hydrogen) atoms. The van der Waals surface area contributed by atoms with Crippen molar-refractivity contribution in [2.45, 2.75) is 19.9 Å². The zero-order valence-corrected chi connectivity index (χ0v) is 10.1. The molecule has 0 spiro atoms. The average Bonchev–Trinajstić information content (AvgIpc) is 2.68. The SMILES string of the molecule is COc1ccc2c(c1)c(N=C=O)cn2C(C)C. The maximum atomic E-state index is 10.4. The van der Waals surface area contributed by atoms with Crippen LogP contribution in [0.25, 0.3) is 10.9 Å². The highest BCUT2D eigenvalue weighted by atomic mass is 16.5. The Morgan fingerprint density at radius 1 is 1.41 bits per heavy atom. The molecule has 88 valence electrons. The second-order valence-electron chi connectivity index (χ2n) is 4.10. The molecule has 1 aromatic carbocycles. The number of hydrogen-bond donors (Lipinski definition) is 0. The number of isocyanates is 1. The van der Waals surface area contributed by atoms with Crippen LogP contribution in [0.3, 0.4) is 0 Å². The number of ether oxygens (including phenoxy) is 1. The molecule has 0 saturated heterocycles. The Hall–Kier alpha value is -2.06. The van der Waals surface area contributed by atoms with Gasteiger partial charge in [-0.25, -0.2) is 4.79 Å². The number of benzene rings is 1. The standard InChI is InChI=1S/C13H14N2O2/c1-9(2)15-7-12(14-8-16)11-6-10(17-3)4-5-13(11)15/h4-7,9H,1-3H3. The van der Waals surface area contributed by atoms with E-state index in [-0.39, 0.29) is 0 Å². The monoisotopic (exact) mass is 230 g/mol. The predicted octanol–water partition coefficient (Wildman–Crippen LogP) is 3.20. The normalized spacial score (nSPS) is 10.6. The van der Waals surface area contributed by atoms with E-state index in [4.69, 9.17) is 4.74 Å². The Balaban J connectivity index is 2.76. The van der Waals surface area contributed by atoms with Gasteiger partial charge in [0.1, 0.15) is 11.4 Å². The van der Waals surface area contributed by atoms with Crippen molar-refractivity contribution >= 4 is 22.7 Å². The van der Waals surface area contributed by atoms with Crippen LogP contribution >= 0.6 is 0 Å². The molecular formula is C13H14N2O2. The van der Waals surface area contributed by atoms with Crippen LogP contribution in [0.15, 0.2) is 29.4 Å². The predicted molar refractivity (Wildman–Crippen MR) is 66.7 cm³/mol. The van der Waals surface area contributed by atoms with E-state index in [0.717, 1.165) is 16.7 Å². The fourth-order valence-corrected chi connectivity index (χ4v) is 1.91. The van der Waals surface area contributed by atoms with Crippen LogP contribution in [0.2, 0.25) is 0 Å². The topological polar surface area (TPSA) is 43.6 Å². The summed E-state index contributed by atoms with van der Waals surface area (Å²) in [4.78, 5) is 14.2. The summed E-state index contributed by atoms with van der Waals surface area (Å²) in [5.41, 5.74) is 1.66. The molecule has 0 radical (unpaired) electrons. The minimum absolute atomic E-state index is 0.307. The lowest BCUT2D eigenvalue weighted by Crippen LogP contribution is -1.97. The second kappa shape index (κ2) is 4.44. The van der Waals surface area contributed by atoms with Gasteiger partial charge in [0, 0.05) is 17.6 Å². The molecule has 0 aliphatic heterocycles. The number of nitrogens with zero attached hydrogens (tertiary/aromatic N) is 2. The molecule has 0 N–H and O–H groups in total. The fourth-order valence-electron chi connectivity index (χ4n) is 1.91. The Morgan fingerprint density at radius 3 is 2.76 bits per heavy atom. The molecule has 1 heterocycles. The van der Waals surface area contributed by atoms with Gasteiger partial charge in [-0.05, 0) is 32.0 Å². The molecule has 0 amide bonds. The first kappa shape index (κ1) is 11.4. The molecule has 0 fully saturated rings. The number of methoxy groups -OCH3 is 1. The van der Waals surface area contributed by atoms with Gasteiger partial charge in [-0.3, -0.25) is 0 Å². The number of rotatable bonds is 3. The highest BCUT2D eigenvalue weighted by Crippen LogP contribution is 2.33. The third kappa shape index (κ3) is 1.95. The van der Waals surface area contributed by atoms with E-state index < -0.39 is 0 Å². The Bertz CT molecular complexity index is 593. The molecule has 0 saturated carbocycles. The molecule has 4 nitrogen and oxygen atoms in total. The summed E-state index contributed by atoms with van der Waals surface area (Å²) in [6, 6.07) is 6.05. The van der Waals surface area contributed by atoms with Crippen LogP contribution in [0.1, 0.15) is 19.9 Å². The third-order valence-electron chi connectivity index (χ3n) is 2.74. The van der Waals surface area contributed by atoms with Crippen molar-refractivity contribution in [3.05, 3.63) is 24.4 Å². The minimum Gasteiger partial charge on any atom is -0.497 e. The zero-order chi connectivity index (χ0) is 12.4. The maximum Gasteiger partial charge on any atom is 0.240 e. The Morgan fingerprint density at radius 2 is 2.18 bits per heavy atom. The van der Waals surface area contributed by atoms with Crippen molar-refractivity contribution in [2.24, 2.45) is 4.99 Å². The van der Waals surface area contributed by atoms with E-state index in [9.17, 15) is 4.79 Å². The molecule has 4 heteroatoms. The molecule has 0 aliphatic rings. The molecule has 1 aromatic heterocycles.